The number of piperidine rings is 1. The zero-order valence-corrected chi connectivity index (χ0v) is 9.81. The van der Waals surface area contributed by atoms with Crippen molar-refractivity contribution < 1.29 is 0 Å². The first kappa shape index (κ1) is 13.5. The molecule has 0 bridgehead atoms. The minimum Gasteiger partial charge on any atom is -0.311 e. The number of nitrogens with one attached hydrogen (secondary N) is 1. The summed E-state index contributed by atoms with van der Waals surface area (Å²) in [6, 6.07) is 0. The molecule has 3 heteroatoms. The van der Waals surface area contributed by atoms with Crippen molar-refractivity contribution in [2.45, 2.75) is 56.9 Å². The predicted octanol–water partition coefficient (Wildman–Crippen LogP) is 3.31. The maximum absolute atomic E-state index is 3.73. The van der Waals surface area contributed by atoms with E-state index in [1.807, 2.05) is 0 Å². The summed E-state index contributed by atoms with van der Waals surface area (Å²) in [5.41, 5.74) is 0.608. The number of hydrogen-bond acceptors (Lipinski definition) is 1. The van der Waals surface area contributed by atoms with Crippen LogP contribution in [0, 0.1) is 0 Å². The molecule has 0 aromatic heterocycles. The molecule has 2 aliphatic rings. The fourth-order valence-electron chi connectivity index (χ4n) is 2.69. The predicted molar refractivity (Wildman–Crippen MR) is 62.2 cm³/mol. The summed E-state index contributed by atoms with van der Waals surface area (Å²) in [7, 11) is 0. The van der Waals surface area contributed by atoms with Crippen LogP contribution >= 0.6 is 24.8 Å². The summed E-state index contributed by atoms with van der Waals surface area (Å²) >= 11 is 0. The van der Waals surface area contributed by atoms with E-state index in [1.54, 1.807) is 0 Å². The number of hydrogen-bond donors (Lipinski definition) is 1. The lowest BCUT2D eigenvalue weighted by molar-refractivity contribution is 0.184. The molecule has 1 aliphatic carbocycles. The van der Waals surface area contributed by atoms with Crippen LogP contribution < -0.4 is 5.32 Å². The van der Waals surface area contributed by atoms with Crippen LogP contribution in [0.2, 0.25) is 0 Å². The van der Waals surface area contributed by atoms with Gasteiger partial charge in [0.05, 0.1) is 0 Å². The molecule has 0 atom stereocenters. The largest absolute Gasteiger partial charge is 0.311 e. The van der Waals surface area contributed by atoms with Gasteiger partial charge in [-0.25, -0.2) is 0 Å². The molecule has 0 aromatic rings. The lowest BCUT2D eigenvalue weighted by atomic mass is 9.76. The third-order valence-corrected chi connectivity index (χ3v) is 3.39. The molecule has 0 amide bonds. The van der Waals surface area contributed by atoms with Crippen molar-refractivity contribution in [3.05, 3.63) is 0 Å². The third-order valence-electron chi connectivity index (χ3n) is 3.39. The minimum absolute atomic E-state index is 0. The zero-order valence-electron chi connectivity index (χ0n) is 8.18. The molecule has 1 saturated carbocycles. The second-order valence-electron chi connectivity index (χ2n) is 4.22. The SMILES string of the molecule is C1CCC2(CC1)CCCCN2.Cl.Cl. The van der Waals surface area contributed by atoms with Crippen LogP contribution in [0.1, 0.15) is 51.4 Å². The van der Waals surface area contributed by atoms with Gasteiger partial charge >= 0.3 is 0 Å². The van der Waals surface area contributed by atoms with Crippen LogP contribution in [0.15, 0.2) is 0 Å². The van der Waals surface area contributed by atoms with Gasteiger partial charge in [-0.1, -0.05) is 25.7 Å². The highest BCUT2D eigenvalue weighted by molar-refractivity contribution is 5.85. The van der Waals surface area contributed by atoms with Crippen LogP contribution in [0.5, 0.6) is 0 Å². The Morgan fingerprint density at radius 3 is 1.69 bits per heavy atom. The summed E-state index contributed by atoms with van der Waals surface area (Å²) in [5.74, 6) is 0. The van der Waals surface area contributed by atoms with E-state index in [9.17, 15) is 0 Å². The van der Waals surface area contributed by atoms with Gasteiger partial charge in [-0.3, -0.25) is 0 Å². The Balaban J connectivity index is 0.000000720. The van der Waals surface area contributed by atoms with Gasteiger partial charge < -0.3 is 5.32 Å². The molecule has 1 nitrogen and oxygen atoms in total. The zero-order chi connectivity index (χ0) is 7.57. The van der Waals surface area contributed by atoms with Crippen molar-refractivity contribution in [2.24, 2.45) is 0 Å². The molecule has 13 heavy (non-hydrogen) atoms. The summed E-state index contributed by atoms with van der Waals surface area (Å²) < 4.78 is 0. The van der Waals surface area contributed by atoms with Gasteiger partial charge in [0, 0.05) is 5.54 Å². The average molecular weight is 226 g/mol. The van der Waals surface area contributed by atoms with Crippen LogP contribution in [-0.2, 0) is 0 Å². The Labute approximate surface area is 93.9 Å². The summed E-state index contributed by atoms with van der Waals surface area (Å²) in [4.78, 5) is 0. The second-order valence-corrected chi connectivity index (χ2v) is 4.22. The van der Waals surface area contributed by atoms with Gasteiger partial charge in [-0.05, 0) is 32.2 Å². The van der Waals surface area contributed by atoms with E-state index in [1.165, 1.54) is 57.9 Å². The van der Waals surface area contributed by atoms with Gasteiger partial charge in [0.15, 0.2) is 0 Å². The maximum atomic E-state index is 3.73. The topological polar surface area (TPSA) is 12.0 Å². The Kier molecular flexibility index (Phi) is 6.36. The van der Waals surface area contributed by atoms with Crippen LogP contribution in [-0.4, -0.2) is 12.1 Å². The van der Waals surface area contributed by atoms with E-state index in [0.29, 0.717) is 5.54 Å². The summed E-state index contributed by atoms with van der Waals surface area (Å²) in [6.07, 6.45) is 11.6. The maximum Gasteiger partial charge on any atom is 0.0181 e. The molecular weight excluding hydrogens is 205 g/mol. The van der Waals surface area contributed by atoms with Gasteiger partial charge in [0.25, 0.3) is 0 Å². The first-order valence-corrected chi connectivity index (χ1v) is 5.16. The fraction of sp³-hybridized carbons (Fsp3) is 1.00. The van der Waals surface area contributed by atoms with E-state index in [4.69, 9.17) is 0 Å². The molecule has 1 heterocycles. The Bertz CT molecular complexity index is 107. The smallest absolute Gasteiger partial charge is 0.0181 e. The Morgan fingerprint density at radius 1 is 0.692 bits per heavy atom. The van der Waals surface area contributed by atoms with Crippen LogP contribution in [0.3, 0.4) is 0 Å². The molecule has 80 valence electrons. The van der Waals surface area contributed by atoms with Crippen molar-refractivity contribution in [3.63, 3.8) is 0 Å². The first-order valence-electron chi connectivity index (χ1n) is 5.16. The highest BCUT2D eigenvalue weighted by Gasteiger charge is 2.32. The molecule has 1 N–H and O–H groups in total. The van der Waals surface area contributed by atoms with E-state index in [-0.39, 0.29) is 24.8 Å². The molecule has 0 unspecified atom stereocenters. The van der Waals surface area contributed by atoms with Gasteiger partial charge in [0.2, 0.25) is 0 Å². The first-order chi connectivity index (χ1) is 5.41. The van der Waals surface area contributed by atoms with Crippen LogP contribution in [0.25, 0.3) is 0 Å². The molecule has 2 fully saturated rings. The molecular formula is C10H21Cl2N. The summed E-state index contributed by atoms with van der Waals surface area (Å²) in [5, 5.41) is 3.73. The van der Waals surface area contributed by atoms with Crippen molar-refractivity contribution in [2.75, 3.05) is 6.54 Å². The summed E-state index contributed by atoms with van der Waals surface area (Å²) in [6.45, 7) is 1.28. The van der Waals surface area contributed by atoms with Crippen molar-refractivity contribution >= 4 is 24.8 Å². The molecule has 1 spiro atoms. The highest BCUT2D eigenvalue weighted by atomic mass is 35.5. The van der Waals surface area contributed by atoms with Crippen molar-refractivity contribution in [1.82, 2.24) is 5.32 Å². The van der Waals surface area contributed by atoms with Gasteiger partial charge in [0.1, 0.15) is 0 Å². The van der Waals surface area contributed by atoms with E-state index < -0.39 is 0 Å². The fourth-order valence-corrected chi connectivity index (χ4v) is 2.69. The lowest BCUT2D eigenvalue weighted by Crippen LogP contribution is -2.49. The standard InChI is InChI=1S/C10H19N.2ClH/c1-2-6-10(7-3-1)8-4-5-9-11-10;;/h11H,1-9H2;2*1H. The molecule has 0 aromatic carbocycles. The van der Waals surface area contributed by atoms with E-state index >= 15 is 0 Å². The Hall–Kier alpha value is 0.540. The van der Waals surface area contributed by atoms with E-state index in [2.05, 4.69) is 5.32 Å². The lowest BCUT2D eigenvalue weighted by Gasteiger charge is -2.41. The highest BCUT2D eigenvalue weighted by Crippen LogP contribution is 2.34. The molecule has 1 saturated heterocycles. The molecule has 0 radical (unpaired) electrons. The van der Waals surface area contributed by atoms with Crippen LogP contribution in [0.4, 0.5) is 0 Å². The number of halogens is 2. The van der Waals surface area contributed by atoms with Crippen molar-refractivity contribution in [3.8, 4) is 0 Å². The third kappa shape index (κ3) is 3.30. The van der Waals surface area contributed by atoms with Gasteiger partial charge in [-0.2, -0.15) is 0 Å². The average Bonchev–Trinajstić information content (AvgIpc) is 2.07. The monoisotopic (exact) mass is 225 g/mol. The second kappa shape index (κ2) is 6.10. The normalized spacial score (nSPS) is 25.8. The van der Waals surface area contributed by atoms with Gasteiger partial charge in [-0.15, -0.1) is 24.8 Å². The number of rotatable bonds is 0. The molecule has 2 rings (SSSR count). The Morgan fingerprint density at radius 2 is 1.23 bits per heavy atom. The quantitative estimate of drug-likeness (QED) is 0.668. The van der Waals surface area contributed by atoms with E-state index in [0.717, 1.165) is 0 Å². The van der Waals surface area contributed by atoms with Crippen molar-refractivity contribution in [1.29, 1.82) is 0 Å². The molecule has 1 aliphatic heterocycles. The minimum atomic E-state index is 0.